The summed E-state index contributed by atoms with van der Waals surface area (Å²) in [7, 11) is 0. The van der Waals surface area contributed by atoms with Crippen molar-refractivity contribution in [1.82, 2.24) is 9.97 Å². The molecule has 5 heteroatoms. The van der Waals surface area contributed by atoms with E-state index in [1.165, 1.54) is 5.56 Å². The lowest BCUT2D eigenvalue weighted by molar-refractivity contribution is 1.08. The first-order chi connectivity index (χ1) is 10.8. The minimum absolute atomic E-state index is 0.528. The van der Waals surface area contributed by atoms with Crippen molar-refractivity contribution >= 4 is 29.1 Å². The first kappa shape index (κ1) is 14.4. The van der Waals surface area contributed by atoms with Crippen LogP contribution in [0.5, 0.6) is 0 Å². The summed E-state index contributed by atoms with van der Waals surface area (Å²) < 4.78 is 0. The third-order valence-corrected chi connectivity index (χ3v) is 3.29. The van der Waals surface area contributed by atoms with E-state index < -0.39 is 0 Å². The molecule has 2 aromatic carbocycles. The summed E-state index contributed by atoms with van der Waals surface area (Å²) in [6, 6.07) is 19.5. The van der Waals surface area contributed by atoms with Crippen LogP contribution in [0.25, 0.3) is 0 Å². The van der Waals surface area contributed by atoms with Gasteiger partial charge >= 0.3 is 0 Å². The highest BCUT2D eigenvalue weighted by Gasteiger charge is 2.01. The monoisotopic (exact) mass is 310 g/mol. The van der Waals surface area contributed by atoms with Crippen LogP contribution in [-0.4, -0.2) is 9.97 Å². The molecule has 0 radical (unpaired) electrons. The smallest absolute Gasteiger partial charge is 0.229 e. The topological polar surface area (TPSA) is 49.8 Å². The van der Waals surface area contributed by atoms with E-state index in [4.69, 9.17) is 11.6 Å². The molecule has 4 nitrogen and oxygen atoms in total. The van der Waals surface area contributed by atoms with Crippen molar-refractivity contribution in [3.05, 3.63) is 77.4 Å². The maximum Gasteiger partial charge on any atom is 0.229 e. The zero-order chi connectivity index (χ0) is 15.2. The molecular weight excluding hydrogens is 296 g/mol. The van der Waals surface area contributed by atoms with Gasteiger partial charge in [-0.05, 0) is 29.8 Å². The number of hydrogen-bond donors (Lipinski definition) is 2. The summed E-state index contributed by atoms with van der Waals surface area (Å²) in [5.41, 5.74) is 2.05. The average molecular weight is 311 g/mol. The molecule has 0 saturated heterocycles. The number of aromatic nitrogens is 2. The van der Waals surface area contributed by atoms with Crippen molar-refractivity contribution in [2.24, 2.45) is 0 Å². The van der Waals surface area contributed by atoms with Crippen molar-refractivity contribution in [2.45, 2.75) is 6.54 Å². The maximum absolute atomic E-state index is 5.97. The highest BCUT2D eigenvalue weighted by atomic mass is 35.5. The number of nitrogens with one attached hydrogen (secondary N) is 2. The molecule has 0 aliphatic heterocycles. The second-order valence-electron chi connectivity index (χ2n) is 4.74. The minimum atomic E-state index is 0.528. The number of benzene rings is 2. The van der Waals surface area contributed by atoms with E-state index in [9.17, 15) is 0 Å². The lowest BCUT2D eigenvalue weighted by Gasteiger charge is -2.08. The molecule has 0 bridgehead atoms. The van der Waals surface area contributed by atoms with Crippen LogP contribution in [0.3, 0.4) is 0 Å². The van der Waals surface area contributed by atoms with Crippen LogP contribution in [0.4, 0.5) is 17.5 Å². The zero-order valence-corrected chi connectivity index (χ0v) is 12.6. The SMILES string of the molecule is Clc1cccc(Nc2nccc(NCc3ccccc3)n2)c1. The molecule has 2 N–H and O–H groups in total. The van der Waals surface area contributed by atoms with E-state index in [0.29, 0.717) is 17.5 Å². The molecule has 0 saturated carbocycles. The second kappa shape index (κ2) is 6.91. The zero-order valence-electron chi connectivity index (χ0n) is 11.8. The Morgan fingerprint density at radius 1 is 0.955 bits per heavy atom. The highest BCUT2D eigenvalue weighted by Crippen LogP contribution is 2.18. The number of halogens is 1. The van der Waals surface area contributed by atoms with Crippen LogP contribution in [0.1, 0.15) is 5.56 Å². The summed E-state index contributed by atoms with van der Waals surface area (Å²) >= 11 is 5.97. The largest absolute Gasteiger partial charge is 0.366 e. The maximum atomic E-state index is 5.97. The molecule has 0 spiro atoms. The fraction of sp³-hybridized carbons (Fsp3) is 0.0588. The fourth-order valence-electron chi connectivity index (χ4n) is 2.00. The predicted molar refractivity (Wildman–Crippen MR) is 90.5 cm³/mol. The van der Waals surface area contributed by atoms with Gasteiger partial charge in [-0.2, -0.15) is 4.98 Å². The van der Waals surface area contributed by atoms with Gasteiger partial charge in [0.1, 0.15) is 5.82 Å². The second-order valence-corrected chi connectivity index (χ2v) is 5.18. The van der Waals surface area contributed by atoms with E-state index in [1.807, 2.05) is 48.5 Å². The Kier molecular flexibility index (Phi) is 4.51. The van der Waals surface area contributed by atoms with Gasteiger partial charge in [-0.25, -0.2) is 4.98 Å². The molecule has 3 rings (SSSR count). The van der Waals surface area contributed by atoms with Crippen molar-refractivity contribution in [3.8, 4) is 0 Å². The van der Waals surface area contributed by atoms with E-state index in [0.717, 1.165) is 11.5 Å². The van der Waals surface area contributed by atoms with Crippen molar-refractivity contribution in [3.63, 3.8) is 0 Å². The third kappa shape index (κ3) is 3.96. The van der Waals surface area contributed by atoms with E-state index in [1.54, 1.807) is 6.20 Å². The number of rotatable bonds is 5. The Hall–Kier alpha value is -2.59. The van der Waals surface area contributed by atoms with Gasteiger partial charge in [0.05, 0.1) is 0 Å². The predicted octanol–water partition coefficient (Wildman–Crippen LogP) is 4.49. The molecule has 22 heavy (non-hydrogen) atoms. The highest BCUT2D eigenvalue weighted by molar-refractivity contribution is 6.30. The Morgan fingerprint density at radius 2 is 1.82 bits per heavy atom. The van der Waals surface area contributed by atoms with E-state index in [-0.39, 0.29) is 0 Å². The number of nitrogens with zero attached hydrogens (tertiary/aromatic N) is 2. The summed E-state index contributed by atoms with van der Waals surface area (Å²) in [6.45, 7) is 0.717. The number of hydrogen-bond acceptors (Lipinski definition) is 4. The quantitative estimate of drug-likeness (QED) is 0.729. The molecule has 0 aliphatic carbocycles. The molecule has 110 valence electrons. The fourth-order valence-corrected chi connectivity index (χ4v) is 2.19. The minimum Gasteiger partial charge on any atom is -0.366 e. The lowest BCUT2D eigenvalue weighted by atomic mass is 10.2. The van der Waals surface area contributed by atoms with Crippen LogP contribution in [0.15, 0.2) is 66.9 Å². The Morgan fingerprint density at radius 3 is 2.64 bits per heavy atom. The molecular formula is C17H15ClN4. The van der Waals surface area contributed by atoms with E-state index in [2.05, 4.69) is 32.7 Å². The third-order valence-electron chi connectivity index (χ3n) is 3.05. The molecule has 1 heterocycles. The Bertz CT molecular complexity index is 746. The van der Waals surface area contributed by atoms with Gasteiger partial charge in [-0.3, -0.25) is 0 Å². The van der Waals surface area contributed by atoms with Gasteiger partial charge in [-0.15, -0.1) is 0 Å². The van der Waals surface area contributed by atoms with Crippen LogP contribution in [0, 0.1) is 0 Å². The van der Waals surface area contributed by atoms with Gasteiger partial charge in [0.15, 0.2) is 0 Å². The summed E-state index contributed by atoms with van der Waals surface area (Å²) in [4.78, 5) is 8.65. The normalized spacial score (nSPS) is 10.2. The van der Waals surface area contributed by atoms with Gasteiger partial charge in [0, 0.05) is 23.5 Å². The Labute approximate surface area is 134 Å². The van der Waals surface area contributed by atoms with Crippen LogP contribution in [0.2, 0.25) is 5.02 Å². The average Bonchev–Trinajstić information content (AvgIpc) is 2.54. The summed E-state index contributed by atoms with van der Waals surface area (Å²) in [5.74, 6) is 1.30. The number of anilines is 3. The van der Waals surface area contributed by atoms with Crippen LogP contribution in [-0.2, 0) is 6.54 Å². The lowest BCUT2D eigenvalue weighted by Crippen LogP contribution is -2.04. The van der Waals surface area contributed by atoms with Crippen molar-refractivity contribution in [1.29, 1.82) is 0 Å². The van der Waals surface area contributed by atoms with Crippen molar-refractivity contribution < 1.29 is 0 Å². The summed E-state index contributed by atoms with van der Waals surface area (Å²) in [5, 5.41) is 7.09. The van der Waals surface area contributed by atoms with Gasteiger partial charge in [-0.1, -0.05) is 48.0 Å². The molecule has 0 unspecified atom stereocenters. The molecule has 0 amide bonds. The molecule has 3 aromatic rings. The molecule has 0 atom stereocenters. The van der Waals surface area contributed by atoms with E-state index >= 15 is 0 Å². The van der Waals surface area contributed by atoms with Gasteiger partial charge in [0.2, 0.25) is 5.95 Å². The van der Waals surface area contributed by atoms with Crippen LogP contribution >= 0.6 is 11.6 Å². The first-order valence-corrected chi connectivity index (χ1v) is 7.31. The molecule has 1 aromatic heterocycles. The molecule has 0 fully saturated rings. The Balaban J connectivity index is 1.67. The van der Waals surface area contributed by atoms with Crippen LogP contribution < -0.4 is 10.6 Å². The van der Waals surface area contributed by atoms with Gasteiger partial charge in [0.25, 0.3) is 0 Å². The summed E-state index contributed by atoms with van der Waals surface area (Å²) in [6.07, 6.45) is 1.72. The first-order valence-electron chi connectivity index (χ1n) is 6.93. The van der Waals surface area contributed by atoms with Gasteiger partial charge < -0.3 is 10.6 Å². The molecule has 0 aliphatic rings. The van der Waals surface area contributed by atoms with Crippen molar-refractivity contribution in [2.75, 3.05) is 10.6 Å². The standard InChI is InChI=1S/C17H15ClN4/c18-14-7-4-8-15(11-14)21-17-19-10-9-16(22-17)20-12-13-5-2-1-3-6-13/h1-11H,12H2,(H2,19,20,21,22).